The van der Waals surface area contributed by atoms with Crippen LogP contribution in [0.3, 0.4) is 0 Å². The van der Waals surface area contributed by atoms with Crippen LogP contribution >= 0.6 is 0 Å². The first-order valence-electron chi connectivity index (χ1n) is 3.57. The highest BCUT2D eigenvalue weighted by atomic mass is 19.1. The zero-order valence-corrected chi connectivity index (χ0v) is 5.45. The molecule has 0 nitrogen and oxygen atoms in total. The molecule has 2 unspecified atom stereocenters. The second-order valence-electron chi connectivity index (χ2n) is 2.70. The Bertz CT molecular complexity index is 73.0. The first-order valence-corrected chi connectivity index (χ1v) is 3.57. The molecule has 54 valence electrons. The zero-order valence-electron chi connectivity index (χ0n) is 5.45. The molecule has 9 heavy (non-hydrogen) atoms. The molecule has 0 aromatic heterocycles. The van der Waals surface area contributed by atoms with Crippen molar-refractivity contribution in [3.63, 3.8) is 0 Å². The number of hydrogen-bond acceptors (Lipinski definition) is 0. The molecule has 1 aliphatic rings. The summed E-state index contributed by atoms with van der Waals surface area (Å²) in [7, 11) is 0. The number of rotatable bonds is 0. The Hall–Kier alpha value is -0.140. The average Bonchev–Trinajstić information content (AvgIpc) is 1.97. The topological polar surface area (TPSA) is 0 Å². The quantitative estimate of drug-likeness (QED) is 0.447. The van der Waals surface area contributed by atoms with E-state index in [-0.39, 0.29) is 0 Å². The summed E-state index contributed by atoms with van der Waals surface area (Å²) in [5.41, 5.74) is 0. The van der Waals surface area contributed by atoms with Crippen LogP contribution in [-0.2, 0) is 0 Å². The maximum absolute atomic E-state index is 12.5. The predicted molar refractivity (Wildman–Crippen MR) is 32.9 cm³/mol. The molecule has 0 amide bonds. The monoisotopic (exact) mass is 134 g/mol. The van der Waals surface area contributed by atoms with Gasteiger partial charge in [0.2, 0.25) is 0 Å². The lowest BCUT2D eigenvalue weighted by Gasteiger charge is -2.00. The predicted octanol–water partition coefficient (Wildman–Crippen LogP) is 2.63. The van der Waals surface area contributed by atoms with Gasteiger partial charge in [-0.15, -0.1) is 0 Å². The number of alkyl halides is 2. The van der Waals surface area contributed by atoms with E-state index in [9.17, 15) is 8.78 Å². The van der Waals surface area contributed by atoms with Crippen LogP contribution in [0.1, 0.15) is 32.1 Å². The van der Waals surface area contributed by atoms with Gasteiger partial charge in [0, 0.05) is 0 Å². The SMILES string of the molecule is FC1CCCC(F)CC1. The van der Waals surface area contributed by atoms with E-state index >= 15 is 0 Å². The van der Waals surface area contributed by atoms with Crippen LogP contribution in [0.25, 0.3) is 0 Å². The fourth-order valence-electron chi connectivity index (χ4n) is 1.21. The third-order valence-corrected chi connectivity index (χ3v) is 1.83. The van der Waals surface area contributed by atoms with Gasteiger partial charge >= 0.3 is 0 Å². The van der Waals surface area contributed by atoms with Crippen LogP contribution in [0.5, 0.6) is 0 Å². The largest absolute Gasteiger partial charge is 0.247 e. The molecule has 0 aromatic rings. The Morgan fingerprint density at radius 1 is 0.778 bits per heavy atom. The third-order valence-electron chi connectivity index (χ3n) is 1.83. The summed E-state index contributed by atoms with van der Waals surface area (Å²) in [6, 6.07) is 0. The summed E-state index contributed by atoms with van der Waals surface area (Å²) in [6.45, 7) is 0. The Labute approximate surface area is 54.3 Å². The Balaban J connectivity index is 2.25. The van der Waals surface area contributed by atoms with Crippen molar-refractivity contribution in [2.45, 2.75) is 44.4 Å². The highest BCUT2D eigenvalue weighted by molar-refractivity contribution is 4.68. The van der Waals surface area contributed by atoms with E-state index in [0.29, 0.717) is 25.7 Å². The van der Waals surface area contributed by atoms with E-state index in [1.807, 2.05) is 0 Å². The van der Waals surface area contributed by atoms with Gasteiger partial charge in [0.05, 0.1) is 0 Å². The fourth-order valence-corrected chi connectivity index (χ4v) is 1.21. The Morgan fingerprint density at radius 2 is 1.22 bits per heavy atom. The maximum Gasteiger partial charge on any atom is 0.100 e. The number of hydrogen-bond donors (Lipinski definition) is 0. The van der Waals surface area contributed by atoms with Gasteiger partial charge in [-0.05, 0) is 32.1 Å². The summed E-state index contributed by atoms with van der Waals surface area (Å²) < 4.78 is 24.9. The van der Waals surface area contributed by atoms with Crippen molar-refractivity contribution in [2.75, 3.05) is 0 Å². The van der Waals surface area contributed by atoms with E-state index in [1.165, 1.54) is 0 Å². The molecular weight excluding hydrogens is 122 g/mol. The van der Waals surface area contributed by atoms with Crippen LogP contribution in [0.2, 0.25) is 0 Å². The van der Waals surface area contributed by atoms with Gasteiger partial charge in [-0.25, -0.2) is 8.78 Å². The lowest BCUT2D eigenvalue weighted by molar-refractivity contribution is 0.273. The van der Waals surface area contributed by atoms with Gasteiger partial charge in [0.25, 0.3) is 0 Å². The molecule has 0 saturated heterocycles. The third kappa shape index (κ3) is 2.29. The summed E-state index contributed by atoms with van der Waals surface area (Å²) in [4.78, 5) is 0. The lowest BCUT2D eigenvalue weighted by atomic mass is 10.2. The van der Waals surface area contributed by atoms with Crippen molar-refractivity contribution in [3.05, 3.63) is 0 Å². The van der Waals surface area contributed by atoms with E-state index in [4.69, 9.17) is 0 Å². The maximum atomic E-state index is 12.5. The second-order valence-corrected chi connectivity index (χ2v) is 2.70. The molecule has 2 heteroatoms. The van der Waals surface area contributed by atoms with Crippen molar-refractivity contribution >= 4 is 0 Å². The lowest BCUT2D eigenvalue weighted by Crippen LogP contribution is -1.98. The molecule has 0 N–H and O–H groups in total. The second kappa shape index (κ2) is 3.14. The molecule has 0 aromatic carbocycles. The van der Waals surface area contributed by atoms with Crippen molar-refractivity contribution < 1.29 is 8.78 Å². The van der Waals surface area contributed by atoms with Crippen molar-refractivity contribution in [1.29, 1.82) is 0 Å². The first kappa shape index (κ1) is 6.97. The van der Waals surface area contributed by atoms with Crippen LogP contribution in [-0.4, -0.2) is 12.3 Å². The molecule has 0 radical (unpaired) electrons. The van der Waals surface area contributed by atoms with Gasteiger partial charge in [-0.3, -0.25) is 0 Å². The molecule has 2 atom stereocenters. The number of halogens is 2. The molecule has 1 fully saturated rings. The molecule has 0 heterocycles. The van der Waals surface area contributed by atoms with Crippen LogP contribution in [0, 0.1) is 0 Å². The minimum atomic E-state index is -0.731. The molecule has 0 bridgehead atoms. The molecule has 1 aliphatic carbocycles. The highest BCUT2D eigenvalue weighted by Gasteiger charge is 2.16. The summed E-state index contributed by atoms with van der Waals surface area (Å²) in [5, 5.41) is 0. The van der Waals surface area contributed by atoms with Crippen LogP contribution in [0.15, 0.2) is 0 Å². The molecule has 0 aliphatic heterocycles. The smallest absolute Gasteiger partial charge is 0.100 e. The zero-order chi connectivity index (χ0) is 6.69. The minimum Gasteiger partial charge on any atom is -0.247 e. The minimum absolute atomic E-state index is 0.432. The van der Waals surface area contributed by atoms with E-state index in [1.54, 1.807) is 0 Å². The first-order chi connectivity index (χ1) is 4.29. The molecular formula is C7H12F2. The van der Waals surface area contributed by atoms with Gasteiger partial charge in [-0.1, -0.05) is 0 Å². The van der Waals surface area contributed by atoms with Gasteiger partial charge in [0.15, 0.2) is 0 Å². The van der Waals surface area contributed by atoms with E-state index < -0.39 is 12.3 Å². The Morgan fingerprint density at radius 3 is 1.67 bits per heavy atom. The van der Waals surface area contributed by atoms with E-state index in [0.717, 1.165) is 6.42 Å². The molecule has 0 spiro atoms. The van der Waals surface area contributed by atoms with Gasteiger partial charge < -0.3 is 0 Å². The van der Waals surface area contributed by atoms with Crippen molar-refractivity contribution in [1.82, 2.24) is 0 Å². The fraction of sp³-hybridized carbons (Fsp3) is 1.00. The standard InChI is InChI=1S/C7H12F2/c8-6-2-1-3-7(9)5-4-6/h6-7H,1-5H2. The highest BCUT2D eigenvalue weighted by Crippen LogP contribution is 2.21. The Kier molecular flexibility index (Phi) is 2.43. The average molecular weight is 134 g/mol. The van der Waals surface area contributed by atoms with Crippen LogP contribution in [0.4, 0.5) is 8.78 Å². The van der Waals surface area contributed by atoms with Gasteiger partial charge in [-0.2, -0.15) is 0 Å². The van der Waals surface area contributed by atoms with Crippen molar-refractivity contribution in [2.24, 2.45) is 0 Å². The summed E-state index contributed by atoms with van der Waals surface area (Å²) in [5.74, 6) is 0. The summed E-state index contributed by atoms with van der Waals surface area (Å²) in [6.07, 6.45) is 1.27. The molecule has 1 rings (SSSR count). The molecule has 1 saturated carbocycles. The normalized spacial score (nSPS) is 38.0. The van der Waals surface area contributed by atoms with Crippen molar-refractivity contribution in [3.8, 4) is 0 Å². The van der Waals surface area contributed by atoms with E-state index in [2.05, 4.69) is 0 Å². The van der Waals surface area contributed by atoms with Crippen LogP contribution < -0.4 is 0 Å². The van der Waals surface area contributed by atoms with Gasteiger partial charge in [0.1, 0.15) is 12.3 Å². The summed E-state index contributed by atoms with van der Waals surface area (Å²) >= 11 is 0.